The van der Waals surface area contributed by atoms with Crippen molar-refractivity contribution < 1.29 is 4.39 Å². The van der Waals surface area contributed by atoms with Crippen LogP contribution in [0.4, 0.5) is 4.39 Å². The molecule has 0 aromatic heterocycles. The van der Waals surface area contributed by atoms with Crippen LogP contribution in [0.25, 0.3) is 0 Å². The second-order valence-corrected chi connectivity index (χ2v) is 5.73. The normalized spacial score (nSPS) is 12.4. The van der Waals surface area contributed by atoms with Crippen LogP contribution in [0.15, 0.2) is 42.5 Å². The van der Waals surface area contributed by atoms with E-state index in [1.54, 1.807) is 12.1 Å². The molecule has 21 heavy (non-hydrogen) atoms. The molecule has 0 heterocycles. The number of aryl methyl sites for hydroxylation is 1. The van der Waals surface area contributed by atoms with Crippen LogP contribution in [0.3, 0.4) is 0 Å². The summed E-state index contributed by atoms with van der Waals surface area (Å²) < 4.78 is 14.0. The van der Waals surface area contributed by atoms with Gasteiger partial charge < -0.3 is 5.32 Å². The van der Waals surface area contributed by atoms with Crippen molar-refractivity contribution in [3.8, 4) is 0 Å². The first-order valence-electron chi connectivity index (χ1n) is 7.32. The van der Waals surface area contributed by atoms with Gasteiger partial charge in [-0.2, -0.15) is 0 Å². The monoisotopic (exact) mass is 305 g/mol. The van der Waals surface area contributed by atoms with Gasteiger partial charge in [-0.3, -0.25) is 0 Å². The largest absolute Gasteiger partial charge is 0.316 e. The van der Waals surface area contributed by atoms with Crippen molar-refractivity contribution in [2.45, 2.75) is 26.2 Å². The van der Waals surface area contributed by atoms with E-state index in [1.807, 2.05) is 6.07 Å². The number of benzene rings is 2. The number of hydrogen-bond acceptors (Lipinski definition) is 1. The van der Waals surface area contributed by atoms with E-state index in [4.69, 9.17) is 11.6 Å². The lowest BCUT2D eigenvalue weighted by molar-refractivity contribution is 0.562. The maximum atomic E-state index is 14.0. The molecular weight excluding hydrogens is 285 g/mol. The average molecular weight is 306 g/mol. The van der Waals surface area contributed by atoms with E-state index in [-0.39, 0.29) is 11.7 Å². The molecule has 0 bridgehead atoms. The van der Waals surface area contributed by atoms with Crippen molar-refractivity contribution in [1.82, 2.24) is 5.32 Å². The van der Waals surface area contributed by atoms with Gasteiger partial charge in [0.1, 0.15) is 5.82 Å². The highest BCUT2D eigenvalue weighted by Crippen LogP contribution is 2.27. The fraction of sp³-hybridized carbons (Fsp3) is 0.333. The molecule has 0 amide bonds. The summed E-state index contributed by atoms with van der Waals surface area (Å²) in [6.07, 6.45) is 0.599. The number of halogens is 2. The van der Waals surface area contributed by atoms with Crippen LogP contribution >= 0.6 is 11.6 Å². The summed E-state index contributed by atoms with van der Waals surface area (Å²) in [4.78, 5) is 0. The minimum Gasteiger partial charge on any atom is -0.316 e. The highest BCUT2D eigenvalue weighted by atomic mass is 35.5. The van der Waals surface area contributed by atoms with Crippen molar-refractivity contribution in [2.24, 2.45) is 0 Å². The first kappa shape index (κ1) is 16.0. The van der Waals surface area contributed by atoms with Crippen molar-refractivity contribution in [1.29, 1.82) is 0 Å². The third kappa shape index (κ3) is 4.29. The summed E-state index contributed by atoms with van der Waals surface area (Å²) in [5, 5.41) is 3.86. The van der Waals surface area contributed by atoms with Gasteiger partial charge in [-0.1, -0.05) is 54.4 Å². The van der Waals surface area contributed by atoms with E-state index in [0.29, 0.717) is 17.0 Å². The predicted molar refractivity (Wildman–Crippen MR) is 87.6 cm³/mol. The Morgan fingerprint density at radius 3 is 2.62 bits per heavy atom. The summed E-state index contributed by atoms with van der Waals surface area (Å²) in [5.74, 6) is -0.0177. The highest BCUT2D eigenvalue weighted by Gasteiger charge is 2.16. The molecule has 0 saturated carbocycles. The third-order valence-electron chi connectivity index (χ3n) is 3.67. The molecule has 1 N–H and O–H groups in total. The zero-order valence-electron chi connectivity index (χ0n) is 12.5. The first-order chi connectivity index (χ1) is 10.1. The Labute approximate surface area is 131 Å². The molecule has 3 heteroatoms. The van der Waals surface area contributed by atoms with Gasteiger partial charge in [-0.05, 0) is 37.6 Å². The smallest absolute Gasteiger partial charge is 0.127 e. The molecular formula is C18H21ClFN. The first-order valence-corrected chi connectivity index (χ1v) is 7.69. The number of rotatable bonds is 6. The fourth-order valence-electron chi connectivity index (χ4n) is 2.52. The summed E-state index contributed by atoms with van der Waals surface area (Å²) in [6, 6.07) is 13.3. The Hall–Kier alpha value is -1.38. The highest BCUT2D eigenvalue weighted by molar-refractivity contribution is 6.31. The fourth-order valence-corrected chi connectivity index (χ4v) is 2.76. The zero-order valence-corrected chi connectivity index (χ0v) is 13.3. The second-order valence-electron chi connectivity index (χ2n) is 5.32. The molecule has 2 rings (SSSR count). The van der Waals surface area contributed by atoms with Gasteiger partial charge in [0, 0.05) is 23.0 Å². The lowest BCUT2D eigenvalue weighted by atomic mass is 9.90. The van der Waals surface area contributed by atoms with Crippen LogP contribution in [-0.4, -0.2) is 13.1 Å². The number of nitrogens with one attached hydrogen (secondary N) is 1. The summed E-state index contributed by atoms with van der Waals surface area (Å²) in [5.41, 5.74) is 3.03. The van der Waals surface area contributed by atoms with Gasteiger partial charge in [0.05, 0.1) is 0 Å². The molecule has 112 valence electrons. The summed E-state index contributed by atoms with van der Waals surface area (Å²) >= 11 is 6.17. The Kier molecular flexibility index (Phi) is 5.77. The Bertz CT molecular complexity index is 577. The maximum absolute atomic E-state index is 14.0. The lowest BCUT2D eigenvalue weighted by Gasteiger charge is -2.19. The second kappa shape index (κ2) is 7.58. The number of hydrogen-bond donors (Lipinski definition) is 1. The van der Waals surface area contributed by atoms with Gasteiger partial charge in [0.2, 0.25) is 0 Å². The Balaban J connectivity index is 2.28. The Morgan fingerprint density at radius 2 is 1.95 bits per heavy atom. The molecule has 0 aliphatic rings. The number of likely N-dealkylation sites (N-methyl/N-ethyl adjacent to an activating group) is 1. The van der Waals surface area contributed by atoms with Crippen molar-refractivity contribution in [3.05, 3.63) is 70.0 Å². The predicted octanol–water partition coefficient (Wildman–Crippen LogP) is 4.72. The molecule has 0 saturated heterocycles. The molecule has 0 radical (unpaired) electrons. The van der Waals surface area contributed by atoms with Crippen LogP contribution in [-0.2, 0) is 6.42 Å². The lowest BCUT2D eigenvalue weighted by Crippen LogP contribution is -2.23. The topological polar surface area (TPSA) is 12.0 Å². The quantitative estimate of drug-likeness (QED) is 0.814. The minimum atomic E-state index is -0.225. The van der Waals surface area contributed by atoms with Crippen molar-refractivity contribution in [3.63, 3.8) is 0 Å². The molecule has 0 aliphatic heterocycles. The SMILES string of the molecule is CCNCC(Cc1c(F)cccc1Cl)c1cccc(C)c1. The minimum absolute atomic E-state index is 0.208. The molecule has 1 atom stereocenters. The van der Waals surface area contributed by atoms with Gasteiger partial charge in [0.25, 0.3) is 0 Å². The third-order valence-corrected chi connectivity index (χ3v) is 4.02. The maximum Gasteiger partial charge on any atom is 0.127 e. The average Bonchev–Trinajstić information content (AvgIpc) is 2.46. The molecule has 1 nitrogen and oxygen atoms in total. The molecule has 2 aromatic rings. The molecule has 1 unspecified atom stereocenters. The van der Waals surface area contributed by atoms with Gasteiger partial charge in [-0.15, -0.1) is 0 Å². The van der Waals surface area contributed by atoms with E-state index in [1.165, 1.54) is 17.2 Å². The van der Waals surface area contributed by atoms with Crippen LogP contribution in [0.2, 0.25) is 5.02 Å². The van der Waals surface area contributed by atoms with Crippen LogP contribution < -0.4 is 5.32 Å². The summed E-state index contributed by atoms with van der Waals surface area (Å²) in [7, 11) is 0. The molecule has 0 aliphatic carbocycles. The van der Waals surface area contributed by atoms with E-state index in [2.05, 4.69) is 37.4 Å². The zero-order chi connectivity index (χ0) is 15.2. The molecule has 2 aromatic carbocycles. The van der Waals surface area contributed by atoms with Crippen LogP contribution in [0.5, 0.6) is 0 Å². The van der Waals surface area contributed by atoms with Crippen LogP contribution in [0.1, 0.15) is 29.5 Å². The molecule has 0 spiro atoms. The standard InChI is InChI=1S/C18H21ClFN/c1-3-21-12-15(14-7-4-6-13(2)10-14)11-16-17(19)8-5-9-18(16)20/h4-10,15,21H,3,11-12H2,1-2H3. The van der Waals surface area contributed by atoms with Crippen molar-refractivity contribution in [2.75, 3.05) is 13.1 Å². The van der Waals surface area contributed by atoms with Gasteiger partial charge in [-0.25, -0.2) is 4.39 Å². The summed E-state index contributed by atoms with van der Waals surface area (Å²) in [6.45, 7) is 5.85. The van der Waals surface area contributed by atoms with Crippen molar-refractivity contribution >= 4 is 11.6 Å². The van der Waals surface area contributed by atoms with Crippen LogP contribution in [0, 0.1) is 12.7 Å². The van der Waals surface area contributed by atoms with E-state index in [9.17, 15) is 4.39 Å². The van der Waals surface area contributed by atoms with E-state index in [0.717, 1.165) is 13.1 Å². The van der Waals surface area contributed by atoms with Gasteiger partial charge in [0.15, 0.2) is 0 Å². The Morgan fingerprint density at radius 1 is 1.19 bits per heavy atom. The van der Waals surface area contributed by atoms with E-state index < -0.39 is 0 Å². The van der Waals surface area contributed by atoms with E-state index >= 15 is 0 Å². The molecule has 0 fully saturated rings. The van der Waals surface area contributed by atoms with Gasteiger partial charge >= 0.3 is 0 Å².